The van der Waals surface area contributed by atoms with Gasteiger partial charge in [0.15, 0.2) is 0 Å². The van der Waals surface area contributed by atoms with Gasteiger partial charge in [0.25, 0.3) is 0 Å². The third kappa shape index (κ3) is 4.07. The van der Waals surface area contributed by atoms with Gasteiger partial charge in [0.1, 0.15) is 12.7 Å². The van der Waals surface area contributed by atoms with Crippen LogP contribution in [-0.2, 0) is 10.0 Å². The maximum Gasteiger partial charge on any atom is 0.354 e. The Balaban J connectivity index is 1.93. The maximum atomic E-state index is 12.6. The van der Waals surface area contributed by atoms with Gasteiger partial charge in [0.05, 0.1) is 9.82 Å². The molecule has 0 aliphatic rings. The fourth-order valence-corrected chi connectivity index (χ4v) is 4.22. The molecule has 0 aliphatic carbocycles. The number of rotatable bonds is 8. The van der Waals surface area contributed by atoms with Crippen molar-refractivity contribution in [1.82, 2.24) is 23.8 Å². The van der Waals surface area contributed by atoms with Gasteiger partial charge >= 0.3 is 5.69 Å². The number of hydrogen-bond acceptors (Lipinski definition) is 8. The molecule has 3 rings (SSSR count). The van der Waals surface area contributed by atoms with Crippen LogP contribution in [0.25, 0.3) is 5.82 Å². The molecule has 2 heterocycles. The summed E-state index contributed by atoms with van der Waals surface area (Å²) in [5.41, 5.74) is 0.118. The highest BCUT2D eigenvalue weighted by atomic mass is 32.2. The summed E-state index contributed by atoms with van der Waals surface area (Å²) in [7, 11) is -3.59. The van der Waals surface area contributed by atoms with Gasteiger partial charge in [-0.05, 0) is 24.3 Å². The van der Waals surface area contributed by atoms with E-state index in [1.165, 1.54) is 58.2 Å². The second kappa shape index (κ2) is 8.32. The molecule has 0 fully saturated rings. The molecule has 2 aromatic heterocycles. The average molecular weight is 417 g/mol. The SMILES string of the molecule is CCN(CC)S(=O)(=O)c1ccc(Nc2ncnc(-n3ccnc3)c2[N+](=O)[O-])cc1. The van der Waals surface area contributed by atoms with Crippen LogP contribution in [0, 0.1) is 10.1 Å². The minimum Gasteiger partial charge on any atom is -0.334 e. The molecule has 0 aliphatic heterocycles. The van der Waals surface area contributed by atoms with E-state index in [9.17, 15) is 18.5 Å². The van der Waals surface area contributed by atoms with E-state index in [1.807, 2.05) is 0 Å². The summed E-state index contributed by atoms with van der Waals surface area (Å²) in [4.78, 5) is 23.0. The number of anilines is 2. The molecule has 0 bridgehead atoms. The molecule has 11 nitrogen and oxygen atoms in total. The second-order valence-electron chi connectivity index (χ2n) is 5.86. The highest BCUT2D eigenvalue weighted by molar-refractivity contribution is 7.89. The zero-order valence-corrected chi connectivity index (χ0v) is 16.6. The van der Waals surface area contributed by atoms with E-state index in [-0.39, 0.29) is 22.2 Å². The summed E-state index contributed by atoms with van der Waals surface area (Å²) in [6.45, 7) is 4.26. The first kappa shape index (κ1) is 20.4. The minimum atomic E-state index is -3.59. The predicted molar refractivity (Wildman–Crippen MR) is 106 cm³/mol. The Hall–Kier alpha value is -3.38. The maximum absolute atomic E-state index is 12.6. The molecular weight excluding hydrogens is 398 g/mol. The van der Waals surface area contributed by atoms with Crippen LogP contribution in [0.3, 0.4) is 0 Å². The molecule has 0 amide bonds. The van der Waals surface area contributed by atoms with Crippen molar-refractivity contribution in [1.29, 1.82) is 0 Å². The normalized spacial score (nSPS) is 11.6. The number of hydrogen-bond donors (Lipinski definition) is 1. The van der Waals surface area contributed by atoms with E-state index in [4.69, 9.17) is 0 Å². The Kier molecular flexibility index (Phi) is 5.84. The zero-order chi connectivity index (χ0) is 21.0. The van der Waals surface area contributed by atoms with Gasteiger partial charge in [-0.15, -0.1) is 0 Å². The van der Waals surface area contributed by atoms with Crippen molar-refractivity contribution < 1.29 is 13.3 Å². The van der Waals surface area contributed by atoms with E-state index >= 15 is 0 Å². The molecular formula is C17H19N7O4S. The van der Waals surface area contributed by atoms with E-state index in [0.29, 0.717) is 18.8 Å². The van der Waals surface area contributed by atoms with Crippen LogP contribution >= 0.6 is 0 Å². The molecule has 12 heteroatoms. The smallest absolute Gasteiger partial charge is 0.334 e. The number of imidazole rings is 1. The first-order chi connectivity index (χ1) is 13.9. The molecule has 1 N–H and O–H groups in total. The topological polar surface area (TPSA) is 136 Å². The van der Waals surface area contributed by atoms with Crippen molar-refractivity contribution in [3.05, 3.63) is 59.4 Å². The van der Waals surface area contributed by atoms with Crippen LogP contribution in [0.5, 0.6) is 0 Å². The quantitative estimate of drug-likeness (QED) is 0.436. The first-order valence-corrected chi connectivity index (χ1v) is 10.2. The Labute approximate surface area is 167 Å². The van der Waals surface area contributed by atoms with Crippen LogP contribution in [0.2, 0.25) is 0 Å². The van der Waals surface area contributed by atoms with Gasteiger partial charge in [-0.3, -0.25) is 14.7 Å². The van der Waals surface area contributed by atoms with Crippen LogP contribution in [-0.4, -0.2) is 50.3 Å². The third-order valence-corrected chi connectivity index (χ3v) is 6.26. The number of nitrogens with one attached hydrogen (secondary N) is 1. The number of aromatic nitrogens is 4. The monoisotopic (exact) mass is 417 g/mol. The first-order valence-electron chi connectivity index (χ1n) is 8.73. The van der Waals surface area contributed by atoms with Crippen LogP contribution < -0.4 is 5.32 Å². The van der Waals surface area contributed by atoms with E-state index in [2.05, 4.69) is 20.3 Å². The van der Waals surface area contributed by atoms with Crippen molar-refractivity contribution in [3.8, 4) is 5.82 Å². The summed E-state index contributed by atoms with van der Waals surface area (Å²) < 4.78 is 27.9. The second-order valence-corrected chi connectivity index (χ2v) is 7.80. The Morgan fingerprint density at radius 3 is 2.41 bits per heavy atom. The van der Waals surface area contributed by atoms with Crippen LogP contribution in [0.1, 0.15) is 13.8 Å². The van der Waals surface area contributed by atoms with E-state index in [1.54, 1.807) is 13.8 Å². The van der Waals surface area contributed by atoms with Crippen molar-refractivity contribution >= 4 is 27.2 Å². The summed E-state index contributed by atoms with van der Waals surface area (Å²) >= 11 is 0. The Bertz CT molecular complexity index is 1100. The molecule has 0 radical (unpaired) electrons. The van der Waals surface area contributed by atoms with E-state index in [0.717, 1.165) is 0 Å². The number of benzene rings is 1. The van der Waals surface area contributed by atoms with Gasteiger partial charge in [-0.1, -0.05) is 13.8 Å². The molecule has 0 atom stereocenters. The van der Waals surface area contributed by atoms with Gasteiger partial charge in [0, 0.05) is 31.2 Å². The highest BCUT2D eigenvalue weighted by Crippen LogP contribution is 2.30. The van der Waals surface area contributed by atoms with Gasteiger partial charge in [0.2, 0.25) is 21.7 Å². The lowest BCUT2D eigenvalue weighted by molar-refractivity contribution is -0.384. The fourth-order valence-electron chi connectivity index (χ4n) is 2.76. The predicted octanol–water partition coefficient (Wildman–Crippen LogP) is 2.34. The average Bonchev–Trinajstić information content (AvgIpc) is 3.23. The standard InChI is InChI=1S/C17H19N7O4S/c1-3-23(4-2)29(27,28)14-7-5-13(6-8-14)21-16-15(24(25)26)17(20-11-19-16)22-10-9-18-12-22/h5-12H,3-4H2,1-2H3,(H,19,20,21). The highest BCUT2D eigenvalue weighted by Gasteiger charge is 2.25. The van der Waals surface area contributed by atoms with Crippen molar-refractivity contribution in [3.63, 3.8) is 0 Å². The van der Waals surface area contributed by atoms with Gasteiger partial charge in [-0.2, -0.15) is 4.31 Å². The summed E-state index contributed by atoms with van der Waals surface area (Å²) in [5.74, 6) is 0.0405. The summed E-state index contributed by atoms with van der Waals surface area (Å²) in [6, 6.07) is 5.94. The summed E-state index contributed by atoms with van der Waals surface area (Å²) in [5, 5.41) is 14.5. The minimum absolute atomic E-state index is 0.0203. The van der Waals surface area contributed by atoms with Crippen molar-refractivity contribution in [2.75, 3.05) is 18.4 Å². The molecule has 0 saturated carbocycles. The lowest BCUT2D eigenvalue weighted by Gasteiger charge is -2.18. The van der Waals surface area contributed by atoms with Crippen LogP contribution in [0.4, 0.5) is 17.2 Å². The lowest BCUT2D eigenvalue weighted by atomic mass is 10.3. The Morgan fingerprint density at radius 2 is 1.86 bits per heavy atom. The third-order valence-electron chi connectivity index (χ3n) is 4.19. The zero-order valence-electron chi connectivity index (χ0n) is 15.8. The molecule has 1 aromatic carbocycles. The van der Waals surface area contributed by atoms with E-state index < -0.39 is 14.9 Å². The number of sulfonamides is 1. The van der Waals surface area contributed by atoms with Crippen LogP contribution in [0.15, 0.2) is 54.2 Å². The molecule has 0 saturated heterocycles. The molecule has 152 valence electrons. The molecule has 29 heavy (non-hydrogen) atoms. The summed E-state index contributed by atoms with van der Waals surface area (Å²) in [6.07, 6.45) is 5.61. The van der Waals surface area contributed by atoms with Gasteiger partial charge in [-0.25, -0.2) is 23.4 Å². The molecule has 3 aromatic rings. The van der Waals surface area contributed by atoms with Crippen molar-refractivity contribution in [2.45, 2.75) is 18.7 Å². The Morgan fingerprint density at radius 1 is 1.17 bits per heavy atom. The molecule has 0 unspecified atom stereocenters. The lowest BCUT2D eigenvalue weighted by Crippen LogP contribution is -2.30. The van der Waals surface area contributed by atoms with Crippen molar-refractivity contribution in [2.24, 2.45) is 0 Å². The number of nitrogens with zero attached hydrogens (tertiary/aromatic N) is 6. The largest absolute Gasteiger partial charge is 0.354 e. The molecule has 0 spiro atoms. The van der Waals surface area contributed by atoms with Gasteiger partial charge < -0.3 is 5.32 Å². The fraction of sp³-hybridized carbons (Fsp3) is 0.235. The number of nitro groups is 1.